The third-order valence-electron chi connectivity index (χ3n) is 18.8. The van der Waals surface area contributed by atoms with Crippen LogP contribution in [-0.4, -0.2) is 148 Å². The summed E-state index contributed by atoms with van der Waals surface area (Å²) in [5.74, 6) is -0.825. The minimum Gasteiger partial charge on any atom is -0.477 e. The number of hydrogen-bond acceptors (Lipinski definition) is 15. The predicted molar refractivity (Wildman–Crippen MR) is 479 cm³/mol. The number of carboxylic acids is 1. The third kappa shape index (κ3) is 23.0. The summed E-state index contributed by atoms with van der Waals surface area (Å²) in [6.07, 6.45) is 20.7. The van der Waals surface area contributed by atoms with Crippen LogP contribution in [0.25, 0.3) is 78.9 Å². The average molecular weight is 1780 g/mol. The molecule has 0 aliphatic rings. The van der Waals surface area contributed by atoms with Crippen molar-refractivity contribution >= 4 is 87.7 Å². The number of benzene rings is 5. The first-order valence-electron chi connectivity index (χ1n) is 38.9. The smallest absolute Gasteiger partial charge is 0.432 e. The topological polar surface area (TPSA) is 269 Å². The molecule has 2 N–H and O–H groups in total. The van der Waals surface area contributed by atoms with Crippen LogP contribution in [0.1, 0.15) is 141 Å². The fourth-order valence-electron chi connectivity index (χ4n) is 14.1. The van der Waals surface area contributed by atoms with E-state index in [-0.39, 0.29) is 51.0 Å². The minimum atomic E-state index is -4.73. The summed E-state index contributed by atoms with van der Waals surface area (Å²) < 4.78 is 59.1. The molecule has 2 amide bonds. The number of aryl methyl sites for hydroxylation is 4. The van der Waals surface area contributed by atoms with Gasteiger partial charge in [-0.1, -0.05) is 160 Å². The van der Waals surface area contributed by atoms with E-state index in [2.05, 4.69) is 65.6 Å². The molecule has 124 heavy (non-hydrogen) atoms. The van der Waals surface area contributed by atoms with Gasteiger partial charge >= 0.3 is 24.1 Å². The van der Waals surface area contributed by atoms with Crippen LogP contribution < -0.4 is 0 Å². The van der Waals surface area contributed by atoms with Crippen LogP contribution in [-0.2, 0) is 15.7 Å². The minimum absolute atomic E-state index is 0.0101. The maximum atomic E-state index is 14.3. The Morgan fingerprint density at radius 2 is 0.718 bits per heavy atom. The molecule has 0 atom stereocenters. The Morgan fingerprint density at radius 3 is 1.05 bits per heavy atom. The molecule has 0 saturated heterocycles. The molecule has 14 rings (SSSR count). The molecule has 0 aliphatic carbocycles. The van der Waals surface area contributed by atoms with E-state index in [9.17, 15) is 42.3 Å². The fourth-order valence-corrected chi connectivity index (χ4v) is 14.7. The number of nitrogens with zero attached hydrogens (tertiary/aromatic N) is 14. The van der Waals surface area contributed by atoms with Crippen molar-refractivity contribution in [1.29, 1.82) is 0 Å². The number of amides is 2. The molecular weight excluding hydrogens is 1690 g/mol. The van der Waals surface area contributed by atoms with Gasteiger partial charge in [0.25, 0.3) is 11.8 Å². The van der Waals surface area contributed by atoms with Crippen LogP contribution in [0.15, 0.2) is 220 Å². The van der Waals surface area contributed by atoms with Gasteiger partial charge in [-0.25, -0.2) is 34.3 Å². The molecule has 0 spiro atoms. The van der Waals surface area contributed by atoms with Gasteiger partial charge in [0.1, 0.15) is 34.2 Å². The number of esters is 2. The van der Waals surface area contributed by atoms with Crippen molar-refractivity contribution < 1.29 is 51.7 Å². The van der Waals surface area contributed by atoms with Crippen molar-refractivity contribution in [3.63, 3.8) is 0 Å². The number of aromatic carboxylic acids is 1. The zero-order valence-electron chi connectivity index (χ0n) is 70.7. The molecule has 23 nitrogen and oxygen atoms in total. The standard InChI is InChI=1S/C23H24ClF3N4O.C22H25ClN4O.C18H16ClN3O2.C16H12ClN3O2.C14H14ClNO2/c1-14-18(15-6-8-16(24)9-7-15)19(21(32)30(5)13-22(2,3)4)31(20(14)23(25,26)27)17-12-28-10-11-29-17;1-15-13-27(18-12-24-10-11-25-18)20(21(28)26(5)14-22(2,3)4)19(15)16-6-8-17(23)9-7-16;1-3-24-18(23)17-16(13-4-6-14(19)7-5-13)12(2)11-22(17)15-10-20-8-9-21-15;1-10-9-20(13-8-18-6-7-19-13)15(16(21)22)14(10)11-2-4-12(17)5-3-11;1-3-18-14(17)13-12(9(2)8-16-13)10-4-6-11(15)7-5-10/h6-12H,13H2,1-5H3;6-13H,14H2,1-5H3;4-11H,3H2,1-2H3;2-9H,1H3,(H,21,22);4-8,16H,3H2,1-2H3. The van der Waals surface area contributed by atoms with Crippen molar-refractivity contribution in [3.8, 4) is 78.9 Å². The number of halogens is 8. The fraction of sp³-hybridized carbons (Fsp3) is 0.237. The van der Waals surface area contributed by atoms with E-state index in [0.29, 0.717) is 97.1 Å². The van der Waals surface area contributed by atoms with Gasteiger partial charge < -0.3 is 29.4 Å². The van der Waals surface area contributed by atoms with E-state index < -0.39 is 29.7 Å². The van der Waals surface area contributed by atoms with Crippen molar-refractivity contribution in [3.05, 3.63) is 308 Å². The van der Waals surface area contributed by atoms with E-state index >= 15 is 0 Å². The number of nitrogens with one attached hydrogen (secondary N) is 1. The highest BCUT2D eigenvalue weighted by Crippen LogP contribution is 2.44. The van der Waals surface area contributed by atoms with Gasteiger partial charge in [-0.3, -0.25) is 47.8 Å². The van der Waals surface area contributed by atoms with Crippen LogP contribution in [0.2, 0.25) is 25.1 Å². The zero-order valence-corrected chi connectivity index (χ0v) is 74.5. The number of ether oxygens (including phenoxy) is 2. The molecule has 0 unspecified atom stereocenters. The predicted octanol–water partition coefficient (Wildman–Crippen LogP) is 22.5. The molecule has 0 aliphatic heterocycles. The molecule has 642 valence electrons. The second-order valence-electron chi connectivity index (χ2n) is 30.9. The Balaban J connectivity index is 0.000000164. The molecule has 31 heteroatoms. The molecule has 0 saturated carbocycles. The highest BCUT2D eigenvalue weighted by Gasteiger charge is 2.43. The summed E-state index contributed by atoms with van der Waals surface area (Å²) >= 11 is 29.8. The lowest BCUT2D eigenvalue weighted by molar-refractivity contribution is -0.142. The Morgan fingerprint density at radius 1 is 0.411 bits per heavy atom. The number of alkyl halides is 3. The van der Waals surface area contributed by atoms with Gasteiger partial charge in [-0.05, 0) is 176 Å². The monoisotopic (exact) mass is 1780 g/mol. The van der Waals surface area contributed by atoms with Crippen LogP contribution in [0, 0.1) is 45.4 Å². The van der Waals surface area contributed by atoms with Crippen molar-refractivity contribution in [2.24, 2.45) is 10.8 Å². The maximum Gasteiger partial charge on any atom is 0.432 e. The molecule has 0 fully saturated rings. The third-order valence-corrected chi connectivity index (χ3v) is 20.1. The lowest BCUT2D eigenvalue weighted by atomic mass is 9.95. The van der Waals surface area contributed by atoms with E-state index in [0.717, 1.165) is 65.8 Å². The lowest BCUT2D eigenvalue weighted by Gasteiger charge is -2.27. The van der Waals surface area contributed by atoms with Gasteiger partial charge in [0.2, 0.25) is 0 Å². The van der Waals surface area contributed by atoms with Crippen LogP contribution >= 0.6 is 58.0 Å². The van der Waals surface area contributed by atoms with Crippen molar-refractivity contribution in [2.45, 2.75) is 96.2 Å². The first-order chi connectivity index (χ1) is 58.8. The van der Waals surface area contributed by atoms with Gasteiger partial charge in [0, 0.05) is 154 Å². The Labute approximate surface area is 741 Å². The highest BCUT2D eigenvalue weighted by molar-refractivity contribution is 6.32. The zero-order chi connectivity index (χ0) is 90.2. The second kappa shape index (κ2) is 41.1. The summed E-state index contributed by atoms with van der Waals surface area (Å²) in [5, 5.41) is 12.7. The number of carbonyl (C=O) groups is 5. The number of rotatable bonds is 18. The molecular formula is C93H91Cl5F3N15O8. The molecule has 5 aromatic carbocycles. The maximum absolute atomic E-state index is 14.3. The summed E-state index contributed by atoms with van der Waals surface area (Å²) in [4.78, 5) is 103. The number of H-pyrrole nitrogens is 1. The Kier molecular flexibility index (Phi) is 31.0. The molecule has 9 aromatic heterocycles. The van der Waals surface area contributed by atoms with Gasteiger partial charge in [0.05, 0.1) is 38.0 Å². The average Bonchev–Trinajstić information content (AvgIpc) is 1.58. The van der Waals surface area contributed by atoms with Gasteiger partial charge in [-0.15, -0.1) is 0 Å². The number of carboxylic acid groups (broad SMARTS) is 1. The first-order valence-corrected chi connectivity index (χ1v) is 40.8. The second-order valence-corrected chi connectivity index (χ2v) is 33.1. The van der Waals surface area contributed by atoms with E-state index in [1.807, 2.05) is 121 Å². The lowest BCUT2D eigenvalue weighted by Crippen LogP contribution is -2.36. The summed E-state index contributed by atoms with van der Waals surface area (Å²) in [5.41, 5.74) is 11.4. The summed E-state index contributed by atoms with van der Waals surface area (Å²) in [6.45, 7) is 26.5. The van der Waals surface area contributed by atoms with Gasteiger partial charge in [-0.2, -0.15) is 13.2 Å². The highest BCUT2D eigenvalue weighted by atomic mass is 35.5. The van der Waals surface area contributed by atoms with Crippen LogP contribution in [0.4, 0.5) is 13.2 Å². The van der Waals surface area contributed by atoms with Crippen LogP contribution in [0.5, 0.6) is 0 Å². The van der Waals surface area contributed by atoms with E-state index in [1.165, 1.54) is 47.4 Å². The van der Waals surface area contributed by atoms with Gasteiger partial charge in [0.15, 0.2) is 23.3 Å². The van der Waals surface area contributed by atoms with Crippen molar-refractivity contribution in [1.82, 2.24) is 72.9 Å². The quantitative estimate of drug-likeness (QED) is 0.0756. The number of aromatic amines is 1. The molecule has 9 heterocycles. The number of carbonyl (C=O) groups excluding carboxylic acids is 4. The number of aromatic nitrogens is 13. The number of hydrogen-bond donors (Lipinski definition) is 2. The molecule has 0 radical (unpaired) electrons. The molecule has 0 bridgehead atoms. The Hall–Kier alpha value is -12.6. The van der Waals surface area contributed by atoms with E-state index in [4.69, 9.17) is 67.5 Å². The van der Waals surface area contributed by atoms with Crippen LogP contribution in [0.3, 0.4) is 0 Å². The summed E-state index contributed by atoms with van der Waals surface area (Å²) in [6, 6.07) is 35.7. The summed E-state index contributed by atoms with van der Waals surface area (Å²) in [7, 11) is 3.42. The normalized spacial score (nSPS) is 11.2. The van der Waals surface area contributed by atoms with Crippen molar-refractivity contribution in [2.75, 3.05) is 40.4 Å². The SMILES string of the molecule is CCOC(=O)c1[nH]cc(C)c1-c1ccc(Cl)cc1.CCOC(=O)c1c(-c2ccc(Cl)cc2)c(C)cn1-c1cnccn1.Cc1c(-c2ccc(Cl)cc2)c(C(=O)N(C)CC(C)(C)C)n(-c2cnccn2)c1C(F)(F)F.Cc1cn(-c2cnccn2)c(C(=O)N(C)CC(C)(C)C)c1-c1ccc(Cl)cc1.Cc1cn(-c2cnccn2)c(C(=O)O)c1-c1ccc(Cl)cc1. The Bertz CT molecular complexity index is 6040. The molecule has 14 aromatic rings. The largest absolute Gasteiger partial charge is 0.477 e. The van der Waals surface area contributed by atoms with E-state index in [1.54, 1.807) is 159 Å². The first kappa shape index (κ1) is 93.7.